The van der Waals surface area contributed by atoms with E-state index in [2.05, 4.69) is 92.9 Å². The van der Waals surface area contributed by atoms with Crippen LogP contribution in [0.3, 0.4) is 0 Å². The average Bonchev–Trinajstić information content (AvgIpc) is 1.63. The van der Waals surface area contributed by atoms with Crippen LogP contribution in [0.1, 0.15) is 168 Å². The first-order valence-electron chi connectivity index (χ1n) is 39.8. The quantitative estimate of drug-likeness (QED) is 0.0194. The molecule has 0 aliphatic heterocycles. The number of amides is 5. The molecule has 28 nitrogen and oxygen atoms in total. The van der Waals surface area contributed by atoms with Gasteiger partial charge in [-0.1, -0.05) is 172 Å². The number of esters is 2. The highest BCUT2D eigenvalue weighted by Crippen LogP contribution is 2.42. The first-order chi connectivity index (χ1) is 56.0. The Kier molecular flexibility index (Phi) is 37.2. The van der Waals surface area contributed by atoms with Gasteiger partial charge in [-0.2, -0.15) is 15.3 Å². The molecule has 1 unspecified atom stereocenters. The number of aliphatic carboxylic acids is 1. The van der Waals surface area contributed by atoms with Gasteiger partial charge in [-0.05, 0) is 128 Å². The summed E-state index contributed by atoms with van der Waals surface area (Å²) >= 11 is 0. The summed E-state index contributed by atoms with van der Waals surface area (Å²) in [5.41, 5.74) is 6.74. The van der Waals surface area contributed by atoms with Gasteiger partial charge in [-0.3, -0.25) is 52.4 Å². The van der Waals surface area contributed by atoms with Gasteiger partial charge < -0.3 is 69.6 Å². The number of nitrogens with zero attached hydrogens (tertiary/aromatic N) is 6. The van der Waals surface area contributed by atoms with E-state index in [9.17, 15) is 43.5 Å². The maximum Gasteiger partial charge on any atom is 0.325 e. The van der Waals surface area contributed by atoms with Crippen molar-refractivity contribution < 1.29 is 81.4 Å². The van der Waals surface area contributed by atoms with Crippen molar-refractivity contribution >= 4 is 47.4 Å². The molecule has 3 heterocycles. The third kappa shape index (κ3) is 27.0. The molecule has 0 radical (unpaired) electrons. The largest absolute Gasteiger partial charge is 0.496 e. The molecule has 1 aliphatic rings. The fourth-order valence-corrected chi connectivity index (χ4v) is 13.7. The molecule has 5 aromatic carbocycles. The summed E-state index contributed by atoms with van der Waals surface area (Å²) in [7, 11) is 12.0. The summed E-state index contributed by atoms with van der Waals surface area (Å²) in [6.07, 6.45) is 12.2. The van der Waals surface area contributed by atoms with Gasteiger partial charge in [0.1, 0.15) is 59.7 Å². The maximum atomic E-state index is 13.6. The van der Waals surface area contributed by atoms with Gasteiger partial charge in [-0.25, -0.2) is 0 Å². The van der Waals surface area contributed by atoms with E-state index in [1.54, 1.807) is 70.2 Å². The number of carbonyl (C=O) groups excluding carboxylic acids is 7. The Morgan fingerprint density at radius 3 is 1.15 bits per heavy atom. The van der Waals surface area contributed by atoms with Crippen molar-refractivity contribution in [2.75, 3.05) is 70.0 Å². The number of aromatic nitrogens is 6. The number of rotatable bonds is 41. The molecule has 1 aliphatic carbocycles. The summed E-state index contributed by atoms with van der Waals surface area (Å²) in [4.78, 5) is 101. The van der Waals surface area contributed by atoms with E-state index in [4.69, 9.17) is 28.4 Å². The zero-order chi connectivity index (χ0) is 84.2. The van der Waals surface area contributed by atoms with E-state index >= 15 is 0 Å². The fourth-order valence-electron chi connectivity index (χ4n) is 13.7. The summed E-state index contributed by atoms with van der Waals surface area (Å²) in [6.45, 7) is 13.8. The third-order valence-corrected chi connectivity index (χ3v) is 20.4. The molecule has 626 valence electrons. The van der Waals surface area contributed by atoms with Crippen molar-refractivity contribution in [3.05, 3.63) is 162 Å². The third-order valence-electron chi connectivity index (χ3n) is 20.4. The summed E-state index contributed by atoms with van der Waals surface area (Å²) in [5.74, 6) is 0.702. The molecular weight excluding hydrogens is 1480 g/mol. The van der Waals surface area contributed by atoms with E-state index in [-0.39, 0.29) is 48.4 Å². The molecule has 0 saturated heterocycles. The zero-order valence-electron chi connectivity index (χ0n) is 69.5. The first-order valence-corrected chi connectivity index (χ1v) is 39.8. The SMILES string of the molecule is CCC(C)Cn1nc(C(=O)N[C@@H](CCc2ccccc2)C(=O)NCC(=O)OC)cc1-c1c(OC)cccc1OC.CCC(CC)Cn1nc(C(=O)N[C@@H](CCc2ccccc2)C(=O)NCC(=O)OC)cc1-c1c(OC)cccc1OC.COc1cccc(OC)c1-c1cc(C(=O)N[C@@H](CCC2CCCCC2)CC(=O)O)nn1CC(C)C. The Morgan fingerprint density at radius 1 is 0.448 bits per heavy atom. The molecule has 6 N–H and O–H groups in total. The lowest BCUT2D eigenvalue weighted by Gasteiger charge is -2.24. The Hall–Kier alpha value is -11.7. The van der Waals surface area contributed by atoms with Crippen LogP contribution in [0.2, 0.25) is 0 Å². The van der Waals surface area contributed by atoms with E-state index in [0.29, 0.717) is 127 Å². The van der Waals surface area contributed by atoms with Crippen molar-refractivity contribution in [3.63, 3.8) is 0 Å². The lowest BCUT2D eigenvalue weighted by molar-refractivity contribution is -0.141. The Bertz CT molecular complexity index is 4410. The topological polar surface area (TPSA) is 344 Å². The van der Waals surface area contributed by atoms with E-state index < -0.39 is 59.7 Å². The van der Waals surface area contributed by atoms with Crippen molar-refractivity contribution in [3.8, 4) is 68.3 Å². The average molecular weight is 1600 g/mol. The number of carboxylic acids is 1. The van der Waals surface area contributed by atoms with E-state index in [1.807, 2.05) is 120 Å². The smallest absolute Gasteiger partial charge is 0.325 e. The molecule has 3 aromatic heterocycles. The van der Waals surface area contributed by atoms with Crippen LogP contribution in [0, 0.1) is 23.7 Å². The summed E-state index contributed by atoms with van der Waals surface area (Å²) in [5, 5.41) is 37.0. The highest BCUT2D eigenvalue weighted by Gasteiger charge is 2.31. The van der Waals surface area contributed by atoms with Gasteiger partial charge in [0.05, 0.1) is 97.1 Å². The predicted molar refractivity (Wildman–Crippen MR) is 442 cm³/mol. The Labute approximate surface area is 680 Å². The number of aryl methyl sites for hydroxylation is 2. The number of carboxylic acid groups (broad SMARTS) is 1. The molecule has 116 heavy (non-hydrogen) atoms. The molecule has 4 atom stereocenters. The molecule has 0 spiro atoms. The molecule has 1 saturated carbocycles. The van der Waals surface area contributed by atoms with Crippen molar-refractivity contribution in [1.82, 2.24) is 55.9 Å². The number of ether oxygens (including phenoxy) is 8. The lowest BCUT2D eigenvalue weighted by atomic mass is 9.85. The number of methoxy groups -OCH3 is 8. The van der Waals surface area contributed by atoms with Crippen molar-refractivity contribution in [2.45, 2.75) is 176 Å². The Morgan fingerprint density at radius 2 is 0.810 bits per heavy atom. The van der Waals surface area contributed by atoms with Gasteiger partial charge in [0.15, 0.2) is 17.1 Å². The second-order valence-corrected chi connectivity index (χ2v) is 29.0. The number of hydrogen-bond donors (Lipinski definition) is 6. The van der Waals surface area contributed by atoms with Crippen LogP contribution in [0.15, 0.2) is 133 Å². The highest BCUT2D eigenvalue weighted by atomic mass is 16.5. The minimum Gasteiger partial charge on any atom is -0.496 e. The lowest BCUT2D eigenvalue weighted by Crippen LogP contribution is -2.48. The van der Waals surface area contributed by atoms with Crippen LogP contribution in [0.25, 0.3) is 33.8 Å². The van der Waals surface area contributed by atoms with Gasteiger partial charge >= 0.3 is 17.9 Å². The summed E-state index contributed by atoms with van der Waals surface area (Å²) in [6, 6.07) is 38.7. The number of hydrogen-bond acceptors (Lipinski definition) is 19. The van der Waals surface area contributed by atoms with Crippen molar-refractivity contribution in [1.29, 1.82) is 0 Å². The molecule has 28 heteroatoms. The summed E-state index contributed by atoms with van der Waals surface area (Å²) < 4.78 is 48.3. The minimum absolute atomic E-state index is 0.0989. The maximum absolute atomic E-state index is 13.6. The van der Waals surface area contributed by atoms with Gasteiger partial charge in [-0.15, -0.1) is 0 Å². The van der Waals surface area contributed by atoms with Crippen LogP contribution in [-0.4, -0.2) is 170 Å². The van der Waals surface area contributed by atoms with E-state index in [0.717, 1.165) is 48.1 Å². The zero-order valence-corrected chi connectivity index (χ0v) is 69.5. The van der Waals surface area contributed by atoms with E-state index in [1.165, 1.54) is 46.3 Å². The van der Waals surface area contributed by atoms with Crippen LogP contribution < -0.4 is 55.0 Å². The molecule has 8 aromatic rings. The second-order valence-electron chi connectivity index (χ2n) is 29.0. The number of nitrogens with one attached hydrogen (secondary N) is 5. The second kappa shape index (κ2) is 47.2. The minimum atomic E-state index is -0.913. The number of benzene rings is 5. The van der Waals surface area contributed by atoms with Crippen LogP contribution in [0.5, 0.6) is 34.5 Å². The molecule has 0 bridgehead atoms. The fraction of sp³-hybridized carbons (Fsp3) is 0.466. The van der Waals surface area contributed by atoms with Gasteiger partial charge in [0.25, 0.3) is 17.7 Å². The van der Waals surface area contributed by atoms with Gasteiger partial charge in [0, 0.05) is 25.7 Å². The van der Waals surface area contributed by atoms with Crippen molar-refractivity contribution in [2.24, 2.45) is 23.7 Å². The molecule has 9 rings (SSSR count). The standard InChI is InChI=1S/C31H40N4O6.C30H38N4O6.C27H39N3O5/c1-6-21(7-2)20-35-25(29-26(39-3)14-11-15-27(29)40-4)18-24(34-35)31(38)33-23(30(37)32-19-28(36)41-5)17-16-22-12-9-8-10-13-22;1-6-20(2)19-34-24(28-25(38-3)13-10-14-26(28)39-4)17-23(33-34)30(37)32-22(29(36)31-18-27(35)40-5)16-15-21-11-8-7-9-12-21;1-18(2)17-30-22(26-23(34-3)11-8-12-24(26)35-4)16-21(29-30)27(33)28-20(15-25(31)32)14-13-19-9-6-5-7-10-19/h8-15,18,21,23H,6-7,16-17,19-20H2,1-5H3,(H,32,37)(H,33,38);7-14,17,20,22H,6,15-16,18-19H2,1-5H3,(H,31,36)(H,32,37);8,11-12,16,18-20H,5-7,9-10,13-15,17H2,1-4H3,(H,28,33)(H,31,32)/t23-;20?,22-;20-/m000/s1. The predicted octanol–water partition coefficient (Wildman–Crippen LogP) is 12.8. The van der Waals surface area contributed by atoms with Crippen LogP contribution in [0.4, 0.5) is 0 Å². The number of carbonyl (C=O) groups is 8. The van der Waals surface area contributed by atoms with Crippen LogP contribution in [-0.2, 0) is 65.9 Å². The normalized spacial score (nSPS) is 12.9. The monoisotopic (exact) mass is 1600 g/mol. The Balaban J connectivity index is 0.000000241. The van der Waals surface area contributed by atoms with Crippen LogP contribution >= 0.6 is 0 Å². The molecule has 1 fully saturated rings. The first kappa shape index (κ1) is 91.5. The molecule has 5 amide bonds. The molecular formula is C88H117N11O17. The van der Waals surface area contributed by atoms with Gasteiger partial charge in [0.2, 0.25) is 11.8 Å². The highest BCUT2D eigenvalue weighted by molar-refractivity contribution is 5.99.